The summed E-state index contributed by atoms with van der Waals surface area (Å²) in [6.07, 6.45) is 1.03. The van der Waals surface area contributed by atoms with E-state index in [9.17, 15) is 4.79 Å². The van der Waals surface area contributed by atoms with Crippen molar-refractivity contribution in [3.63, 3.8) is 0 Å². The number of carbonyl (C=O) groups excluding carboxylic acids is 1. The molecule has 0 saturated carbocycles. The fourth-order valence-electron chi connectivity index (χ4n) is 2.59. The Morgan fingerprint density at radius 2 is 2.10 bits per heavy atom. The van der Waals surface area contributed by atoms with Crippen LogP contribution in [0.15, 0.2) is 41.8 Å². The molecule has 3 rings (SSSR count). The Labute approximate surface area is 128 Å². The molecule has 1 aromatic carbocycles. The zero-order chi connectivity index (χ0) is 14.1. The van der Waals surface area contributed by atoms with E-state index < -0.39 is 0 Å². The fraction of sp³-hybridized carbons (Fsp3) is 0.312. The molecule has 0 unspecified atom stereocenters. The van der Waals surface area contributed by atoms with Gasteiger partial charge < -0.3 is 4.90 Å². The summed E-state index contributed by atoms with van der Waals surface area (Å²) >= 11 is 7.56. The third-order valence-corrected chi connectivity index (χ3v) is 5.20. The van der Waals surface area contributed by atoms with Crippen molar-refractivity contribution in [2.24, 2.45) is 0 Å². The molecule has 1 fully saturated rings. The normalized spacial score (nSPS) is 19.5. The minimum absolute atomic E-state index is 0.0508. The van der Waals surface area contributed by atoms with Gasteiger partial charge in [-0.3, -0.25) is 4.79 Å². The van der Waals surface area contributed by atoms with E-state index in [-0.39, 0.29) is 17.9 Å². The first-order valence-electron chi connectivity index (χ1n) is 6.76. The highest BCUT2D eigenvalue weighted by Crippen LogP contribution is 2.36. The zero-order valence-electron chi connectivity index (χ0n) is 11.3. The average molecular weight is 306 g/mol. The Kier molecular flexibility index (Phi) is 3.81. The van der Waals surface area contributed by atoms with Crippen molar-refractivity contribution in [1.29, 1.82) is 0 Å². The van der Waals surface area contributed by atoms with Crippen LogP contribution in [0.2, 0.25) is 5.02 Å². The standard InChI is InChI=1S/C16H16ClNOS/c1-11(15-3-2-10-20-15)16(19)18-9-8-14(18)12-4-6-13(17)7-5-12/h2-7,10-11,14H,8-9H2,1H3/t11-,14+/m1/s1. The number of hydrogen-bond donors (Lipinski definition) is 0. The highest BCUT2D eigenvalue weighted by Gasteiger charge is 2.35. The number of amides is 1. The van der Waals surface area contributed by atoms with E-state index in [0.29, 0.717) is 0 Å². The van der Waals surface area contributed by atoms with Crippen LogP contribution in [-0.2, 0) is 4.79 Å². The summed E-state index contributed by atoms with van der Waals surface area (Å²) in [5.41, 5.74) is 1.17. The second-order valence-corrected chi connectivity index (χ2v) is 6.54. The molecule has 2 atom stereocenters. The molecule has 2 aromatic rings. The summed E-state index contributed by atoms with van der Waals surface area (Å²) in [5, 5.41) is 2.75. The van der Waals surface area contributed by atoms with E-state index in [2.05, 4.69) is 0 Å². The van der Waals surface area contributed by atoms with Gasteiger partial charge >= 0.3 is 0 Å². The van der Waals surface area contributed by atoms with Crippen molar-refractivity contribution in [3.05, 3.63) is 57.2 Å². The van der Waals surface area contributed by atoms with E-state index in [1.165, 1.54) is 5.56 Å². The van der Waals surface area contributed by atoms with Gasteiger partial charge in [-0.15, -0.1) is 11.3 Å². The number of benzene rings is 1. The van der Waals surface area contributed by atoms with E-state index in [1.807, 2.05) is 53.6 Å². The topological polar surface area (TPSA) is 20.3 Å². The number of thiophene rings is 1. The number of halogens is 1. The molecule has 1 saturated heterocycles. The van der Waals surface area contributed by atoms with Crippen molar-refractivity contribution in [3.8, 4) is 0 Å². The van der Waals surface area contributed by atoms with Gasteiger partial charge in [-0.25, -0.2) is 0 Å². The number of likely N-dealkylation sites (tertiary alicyclic amines) is 1. The molecule has 0 N–H and O–H groups in total. The van der Waals surface area contributed by atoms with Crippen LogP contribution in [0, 0.1) is 0 Å². The number of nitrogens with zero attached hydrogens (tertiary/aromatic N) is 1. The summed E-state index contributed by atoms with van der Waals surface area (Å²) in [6, 6.07) is 12.1. The monoisotopic (exact) mass is 305 g/mol. The van der Waals surface area contributed by atoms with Gasteiger partial charge in [0.2, 0.25) is 5.91 Å². The summed E-state index contributed by atoms with van der Waals surface area (Å²) in [6.45, 7) is 2.84. The number of carbonyl (C=O) groups is 1. The molecule has 0 bridgehead atoms. The van der Waals surface area contributed by atoms with E-state index in [0.717, 1.165) is 22.9 Å². The van der Waals surface area contributed by atoms with Crippen LogP contribution in [0.25, 0.3) is 0 Å². The van der Waals surface area contributed by atoms with Gasteiger partial charge in [-0.2, -0.15) is 0 Å². The second kappa shape index (κ2) is 5.58. The van der Waals surface area contributed by atoms with Gasteiger partial charge in [0.25, 0.3) is 0 Å². The maximum absolute atomic E-state index is 12.6. The predicted octanol–water partition coefficient (Wildman–Crippen LogP) is 4.48. The average Bonchev–Trinajstić information content (AvgIpc) is 2.93. The van der Waals surface area contributed by atoms with Crippen molar-refractivity contribution in [2.75, 3.05) is 6.54 Å². The van der Waals surface area contributed by atoms with Gasteiger partial charge in [-0.1, -0.05) is 29.8 Å². The van der Waals surface area contributed by atoms with Gasteiger partial charge in [-0.05, 0) is 42.5 Å². The van der Waals surface area contributed by atoms with Crippen molar-refractivity contribution < 1.29 is 4.79 Å². The molecule has 0 radical (unpaired) electrons. The van der Waals surface area contributed by atoms with E-state index >= 15 is 0 Å². The summed E-state index contributed by atoms with van der Waals surface area (Å²) < 4.78 is 0. The fourth-order valence-corrected chi connectivity index (χ4v) is 3.49. The molecule has 20 heavy (non-hydrogen) atoms. The molecule has 2 nitrogen and oxygen atoms in total. The molecule has 1 amide bonds. The molecule has 2 heterocycles. The first-order chi connectivity index (χ1) is 9.66. The minimum Gasteiger partial charge on any atom is -0.335 e. The maximum atomic E-state index is 12.6. The first kappa shape index (κ1) is 13.7. The highest BCUT2D eigenvalue weighted by atomic mass is 35.5. The summed E-state index contributed by atoms with van der Waals surface area (Å²) in [5.74, 6) is 0.170. The largest absolute Gasteiger partial charge is 0.335 e. The van der Waals surface area contributed by atoms with Crippen LogP contribution in [0.1, 0.15) is 35.7 Å². The second-order valence-electron chi connectivity index (χ2n) is 5.12. The van der Waals surface area contributed by atoms with Gasteiger partial charge in [0.05, 0.1) is 12.0 Å². The molecular weight excluding hydrogens is 290 g/mol. The van der Waals surface area contributed by atoms with E-state index in [4.69, 9.17) is 11.6 Å². The Balaban J connectivity index is 1.74. The van der Waals surface area contributed by atoms with Crippen LogP contribution in [0.5, 0.6) is 0 Å². The van der Waals surface area contributed by atoms with Crippen LogP contribution in [0.3, 0.4) is 0 Å². The molecule has 0 aliphatic carbocycles. The van der Waals surface area contributed by atoms with Crippen molar-refractivity contribution in [1.82, 2.24) is 4.90 Å². The molecule has 104 valence electrons. The third kappa shape index (κ3) is 2.48. The SMILES string of the molecule is C[C@@H](C(=O)N1CC[C@H]1c1ccc(Cl)cc1)c1cccs1. The Bertz CT molecular complexity index is 593. The molecule has 4 heteroatoms. The van der Waals surface area contributed by atoms with Gasteiger partial charge in [0.15, 0.2) is 0 Å². The van der Waals surface area contributed by atoms with Crippen LogP contribution in [0.4, 0.5) is 0 Å². The molecule has 0 spiro atoms. The first-order valence-corrected chi connectivity index (χ1v) is 8.02. The number of hydrogen-bond acceptors (Lipinski definition) is 2. The summed E-state index contributed by atoms with van der Waals surface area (Å²) in [4.78, 5) is 15.7. The van der Waals surface area contributed by atoms with Crippen LogP contribution in [-0.4, -0.2) is 17.4 Å². The van der Waals surface area contributed by atoms with E-state index in [1.54, 1.807) is 11.3 Å². The summed E-state index contributed by atoms with van der Waals surface area (Å²) in [7, 11) is 0. The minimum atomic E-state index is -0.0508. The Hall–Kier alpha value is -1.32. The lowest BCUT2D eigenvalue weighted by Gasteiger charge is -2.42. The lowest BCUT2D eigenvalue weighted by Crippen LogP contribution is -2.46. The number of rotatable bonds is 3. The van der Waals surface area contributed by atoms with Gasteiger partial charge in [0, 0.05) is 16.4 Å². The Morgan fingerprint density at radius 3 is 2.65 bits per heavy atom. The van der Waals surface area contributed by atoms with Crippen molar-refractivity contribution >= 4 is 28.8 Å². The van der Waals surface area contributed by atoms with Crippen LogP contribution < -0.4 is 0 Å². The molecular formula is C16H16ClNOS. The molecule has 1 aliphatic rings. The molecule has 1 aliphatic heterocycles. The molecule has 1 aromatic heterocycles. The highest BCUT2D eigenvalue weighted by molar-refractivity contribution is 7.10. The maximum Gasteiger partial charge on any atom is 0.231 e. The quantitative estimate of drug-likeness (QED) is 0.819. The Morgan fingerprint density at radius 1 is 1.35 bits per heavy atom. The van der Waals surface area contributed by atoms with Gasteiger partial charge in [0.1, 0.15) is 0 Å². The zero-order valence-corrected chi connectivity index (χ0v) is 12.8. The van der Waals surface area contributed by atoms with Crippen molar-refractivity contribution in [2.45, 2.75) is 25.3 Å². The van der Waals surface area contributed by atoms with Crippen LogP contribution >= 0.6 is 22.9 Å². The lowest BCUT2D eigenvalue weighted by molar-refractivity contribution is -0.140. The predicted molar refractivity (Wildman–Crippen MR) is 83.3 cm³/mol. The third-order valence-electron chi connectivity index (χ3n) is 3.90. The lowest BCUT2D eigenvalue weighted by atomic mass is 9.92. The smallest absolute Gasteiger partial charge is 0.231 e.